The number of esters is 1. The maximum Gasteiger partial charge on any atom is 0.316 e. The van der Waals surface area contributed by atoms with Crippen LogP contribution in [-0.2, 0) is 14.3 Å². The number of carbonyl (C=O) groups is 2. The second-order valence-electron chi connectivity index (χ2n) is 12.4. The molecule has 0 spiro atoms. The highest BCUT2D eigenvalue weighted by molar-refractivity contribution is 7.99. The molecule has 1 aromatic carbocycles. The molecule has 9 heteroatoms. The van der Waals surface area contributed by atoms with Crippen LogP contribution in [0.4, 0.5) is 4.39 Å². The van der Waals surface area contributed by atoms with Crippen molar-refractivity contribution in [3.05, 3.63) is 47.0 Å². The molecule has 2 aromatic rings. The van der Waals surface area contributed by atoms with Crippen LogP contribution in [0.5, 0.6) is 0 Å². The van der Waals surface area contributed by atoms with Crippen LogP contribution in [-0.4, -0.2) is 44.8 Å². The van der Waals surface area contributed by atoms with Gasteiger partial charge < -0.3 is 14.8 Å². The molecule has 0 amide bonds. The number of thioether (sulfide) groups is 1. The SMILES string of the molecule is C=C[C@]1(C)C[C@@H](OC(=O)CSc2nc3cccc(F)c3c(=O)[nH]2)[C@]2(C)[C@H](C)CC[C@]3(CCC(=O)[C@H]32)[C@@H](C)[C@@H]1O. The fourth-order valence-electron chi connectivity index (χ4n) is 8.02. The number of benzene rings is 1. The summed E-state index contributed by atoms with van der Waals surface area (Å²) in [6.07, 6.45) is 3.75. The van der Waals surface area contributed by atoms with Crippen molar-refractivity contribution in [3.63, 3.8) is 0 Å². The molecule has 2 bridgehead atoms. The second kappa shape index (κ2) is 9.84. The van der Waals surface area contributed by atoms with E-state index in [1.165, 1.54) is 12.1 Å². The van der Waals surface area contributed by atoms with E-state index in [-0.39, 0.29) is 50.8 Å². The predicted molar refractivity (Wildman–Crippen MR) is 148 cm³/mol. The highest BCUT2D eigenvalue weighted by Crippen LogP contribution is 2.68. The molecule has 3 fully saturated rings. The Labute approximate surface area is 232 Å². The van der Waals surface area contributed by atoms with Gasteiger partial charge in [-0.3, -0.25) is 14.4 Å². The minimum atomic E-state index is -0.732. The first-order valence-electron chi connectivity index (χ1n) is 13.7. The zero-order chi connectivity index (χ0) is 28.3. The first-order valence-corrected chi connectivity index (χ1v) is 14.7. The number of H-pyrrole nitrogens is 1. The second-order valence-corrected chi connectivity index (χ2v) is 13.3. The number of aliphatic hydroxyl groups is 1. The highest BCUT2D eigenvalue weighted by Gasteiger charge is 2.68. The molecular formula is C30H37FN2O5S. The third kappa shape index (κ3) is 4.27. The van der Waals surface area contributed by atoms with E-state index < -0.39 is 40.4 Å². The van der Waals surface area contributed by atoms with Crippen molar-refractivity contribution in [2.24, 2.45) is 34.0 Å². The molecule has 0 unspecified atom stereocenters. The summed E-state index contributed by atoms with van der Waals surface area (Å²) in [7, 11) is 0. The van der Waals surface area contributed by atoms with Gasteiger partial charge in [0.1, 0.15) is 23.1 Å². The summed E-state index contributed by atoms with van der Waals surface area (Å²) in [5.74, 6) is -1.35. The summed E-state index contributed by atoms with van der Waals surface area (Å²) in [6.45, 7) is 12.3. The van der Waals surface area contributed by atoms with Gasteiger partial charge in [-0.2, -0.15) is 0 Å². The normalized spacial score (nSPS) is 38.1. The molecular weight excluding hydrogens is 519 g/mol. The molecule has 39 heavy (non-hydrogen) atoms. The monoisotopic (exact) mass is 556 g/mol. The van der Waals surface area contributed by atoms with Gasteiger partial charge in [0.05, 0.1) is 17.4 Å². The highest BCUT2D eigenvalue weighted by atomic mass is 32.2. The van der Waals surface area contributed by atoms with Crippen molar-refractivity contribution in [1.82, 2.24) is 9.97 Å². The number of ether oxygens (including phenoxy) is 1. The Hall–Kier alpha value is -2.52. The molecule has 0 saturated heterocycles. The average Bonchev–Trinajstić information content (AvgIpc) is 3.26. The number of halogens is 1. The Morgan fingerprint density at radius 1 is 1.31 bits per heavy atom. The first-order chi connectivity index (χ1) is 18.4. The Balaban J connectivity index is 1.45. The number of nitrogens with zero attached hydrogens (tertiary/aromatic N) is 1. The molecule has 2 N–H and O–H groups in total. The van der Waals surface area contributed by atoms with Crippen LogP contribution in [0.3, 0.4) is 0 Å². The molecule has 3 aliphatic rings. The van der Waals surface area contributed by atoms with Crippen LogP contribution in [0.2, 0.25) is 0 Å². The summed E-state index contributed by atoms with van der Waals surface area (Å²) in [5.41, 5.74) is -2.06. The maximum absolute atomic E-state index is 14.1. The van der Waals surface area contributed by atoms with Crippen molar-refractivity contribution in [1.29, 1.82) is 0 Å². The van der Waals surface area contributed by atoms with Gasteiger partial charge in [-0.1, -0.05) is 51.6 Å². The molecule has 0 aliphatic heterocycles. The molecule has 3 saturated carbocycles. The number of hydrogen-bond acceptors (Lipinski definition) is 7. The number of hydrogen-bond donors (Lipinski definition) is 2. The third-order valence-corrected chi connectivity index (χ3v) is 11.4. The molecule has 1 aromatic heterocycles. The van der Waals surface area contributed by atoms with E-state index in [0.29, 0.717) is 12.8 Å². The topological polar surface area (TPSA) is 109 Å². The summed E-state index contributed by atoms with van der Waals surface area (Å²) in [5, 5.41) is 11.7. The lowest BCUT2D eigenvalue weighted by Crippen LogP contribution is -2.63. The number of Topliss-reactive ketones (excluding diaryl/α,β-unsaturated/α-hetero) is 1. The zero-order valence-corrected chi connectivity index (χ0v) is 23.8. The van der Waals surface area contributed by atoms with Crippen LogP contribution in [0.15, 0.2) is 40.8 Å². The van der Waals surface area contributed by atoms with Gasteiger partial charge in [-0.25, -0.2) is 9.37 Å². The fraction of sp³-hybridized carbons (Fsp3) is 0.600. The van der Waals surface area contributed by atoms with Gasteiger partial charge in [0.2, 0.25) is 0 Å². The van der Waals surface area contributed by atoms with E-state index in [4.69, 9.17) is 4.74 Å². The van der Waals surface area contributed by atoms with Gasteiger partial charge >= 0.3 is 5.97 Å². The summed E-state index contributed by atoms with van der Waals surface area (Å²) in [6, 6.07) is 4.22. The summed E-state index contributed by atoms with van der Waals surface area (Å²) >= 11 is 1.01. The quantitative estimate of drug-likeness (QED) is 0.229. The molecule has 8 atom stereocenters. The Bertz CT molecular complexity index is 1400. The number of aromatic nitrogens is 2. The van der Waals surface area contributed by atoms with Gasteiger partial charge in [0.15, 0.2) is 5.16 Å². The number of aliphatic hydroxyl groups excluding tert-OH is 1. The number of nitrogens with one attached hydrogen (secondary N) is 1. The van der Waals surface area contributed by atoms with Crippen LogP contribution in [0.25, 0.3) is 10.9 Å². The average molecular weight is 557 g/mol. The molecule has 0 radical (unpaired) electrons. The van der Waals surface area contributed by atoms with Crippen molar-refractivity contribution >= 4 is 34.4 Å². The minimum absolute atomic E-state index is 0.100. The number of carbonyl (C=O) groups excluding carboxylic acids is 2. The van der Waals surface area contributed by atoms with E-state index in [1.54, 1.807) is 12.1 Å². The lowest BCUT2D eigenvalue weighted by atomic mass is 9.44. The Morgan fingerprint density at radius 3 is 2.77 bits per heavy atom. The number of ketones is 1. The zero-order valence-electron chi connectivity index (χ0n) is 23.0. The maximum atomic E-state index is 14.1. The molecule has 210 valence electrons. The standard InChI is InChI=1S/C30H37FN2O5S/c1-6-28(4)14-21(29(5)16(2)10-12-30(17(3)25(28)36)13-11-20(34)24(29)30)38-22(35)15-39-27-32-19-9-7-8-18(31)23(19)26(37)33-27/h6-9,16-17,21,24-25,36H,1,10-15H2,2-5H3,(H,32,33,37)/t16-,17+,21-,24+,25+,28-,29+,30+/m1/s1. The van der Waals surface area contributed by atoms with E-state index in [0.717, 1.165) is 31.0 Å². The largest absolute Gasteiger partial charge is 0.461 e. The molecule has 3 aliphatic carbocycles. The number of fused-ring (bicyclic) bond motifs is 1. The van der Waals surface area contributed by atoms with Gasteiger partial charge in [-0.15, -0.1) is 6.58 Å². The summed E-state index contributed by atoms with van der Waals surface area (Å²) < 4.78 is 20.3. The van der Waals surface area contributed by atoms with E-state index >= 15 is 0 Å². The smallest absolute Gasteiger partial charge is 0.316 e. The van der Waals surface area contributed by atoms with E-state index in [9.17, 15) is 23.9 Å². The summed E-state index contributed by atoms with van der Waals surface area (Å²) in [4.78, 5) is 46.1. The van der Waals surface area contributed by atoms with Crippen LogP contribution in [0.1, 0.15) is 59.8 Å². The van der Waals surface area contributed by atoms with Crippen LogP contribution in [0, 0.1) is 39.8 Å². The number of rotatable bonds is 5. The van der Waals surface area contributed by atoms with E-state index in [2.05, 4.69) is 37.3 Å². The minimum Gasteiger partial charge on any atom is -0.461 e. The van der Waals surface area contributed by atoms with Gasteiger partial charge in [-0.05, 0) is 55.1 Å². The van der Waals surface area contributed by atoms with Crippen molar-refractivity contribution < 1.29 is 23.8 Å². The third-order valence-electron chi connectivity index (χ3n) is 10.6. The molecule has 5 rings (SSSR count). The molecule has 1 heterocycles. The van der Waals surface area contributed by atoms with Crippen molar-refractivity contribution in [2.45, 2.75) is 77.2 Å². The lowest BCUT2D eigenvalue weighted by molar-refractivity contribution is -0.205. The predicted octanol–water partition coefficient (Wildman–Crippen LogP) is 5.06. The van der Waals surface area contributed by atoms with Crippen LogP contribution < -0.4 is 5.56 Å². The number of aromatic amines is 1. The lowest BCUT2D eigenvalue weighted by Gasteiger charge is -2.61. The Kier molecular flexibility index (Phi) is 7.07. The van der Waals surface area contributed by atoms with E-state index in [1.807, 2.05) is 6.92 Å². The fourth-order valence-corrected chi connectivity index (χ4v) is 8.67. The Morgan fingerprint density at radius 2 is 2.05 bits per heavy atom. The molecule has 7 nitrogen and oxygen atoms in total. The first kappa shape index (κ1) is 28.0. The van der Waals surface area contributed by atoms with Crippen molar-refractivity contribution in [2.75, 3.05) is 5.75 Å². The van der Waals surface area contributed by atoms with Gasteiger partial charge in [0, 0.05) is 23.2 Å². The van der Waals surface area contributed by atoms with Gasteiger partial charge in [0.25, 0.3) is 5.56 Å². The van der Waals surface area contributed by atoms with Crippen molar-refractivity contribution in [3.8, 4) is 0 Å². The van der Waals surface area contributed by atoms with Crippen LogP contribution >= 0.6 is 11.8 Å².